The van der Waals surface area contributed by atoms with Crippen molar-refractivity contribution in [2.24, 2.45) is 5.92 Å². The quantitative estimate of drug-likeness (QED) is 0.556. The Morgan fingerprint density at radius 1 is 1.12 bits per heavy atom. The molecule has 7 nitrogen and oxygen atoms in total. The summed E-state index contributed by atoms with van der Waals surface area (Å²) in [7, 11) is 1.73. The number of nitrogens with one attached hydrogen (secondary N) is 2. The van der Waals surface area contributed by atoms with E-state index < -0.39 is 0 Å². The second-order valence-corrected chi connectivity index (χ2v) is 10.3. The van der Waals surface area contributed by atoms with E-state index in [4.69, 9.17) is 21.1 Å². The summed E-state index contributed by atoms with van der Waals surface area (Å²) in [5, 5.41) is 11.6. The average Bonchev–Trinajstić information content (AvgIpc) is 3.72. The van der Waals surface area contributed by atoms with Crippen LogP contribution in [0, 0.1) is 5.92 Å². The third kappa shape index (κ3) is 5.42. The second-order valence-electron chi connectivity index (χ2n) is 9.95. The van der Waals surface area contributed by atoms with Gasteiger partial charge in [-0.05, 0) is 68.6 Å². The largest absolute Gasteiger partial charge is 0.382 e. The van der Waals surface area contributed by atoms with Gasteiger partial charge >= 0.3 is 0 Å². The SMILES string of the molecule is CO[C@H]1CCOC[C@H]1CNc1cnn(C2CCC(Nc3ccc(C4CC4)cc3)CC2)c(=O)c1Cl. The first-order chi connectivity index (χ1) is 16.6. The van der Waals surface area contributed by atoms with Gasteiger partial charge in [0, 0.05) is 37.9 Å². The van der Waals surface area contributed by atoms with E-state index in [1.54, 1.807) is 18.0 Å². The molecule has 2 N–H and O–H groups in total. The highest BCUT2D eigenvalue weighted by Gasteiger charge is 2.28. The van der Waals surface area contributed by atoms with Gasteiger partial charge in [0.2, 0.25) is 0 Å². The number of rotatable bonds is 8. The van der Waals surface area contributed by atoms with Crippen LogP contribution in [0.25, 0.3) is 0 Å². The van der Waals surface area contributed by atoms with E-state index in [1.165, 1.54) is 24.1 Å². The van der Waals surface area contributed by atoms with E-state index in [1.807, 2.05) is 0 Å². The van der Waals surface area contributed by atoms with Crippen molar-refractivity contribution in [2.75, 3.05) is 37.5 Å². The minimum atomic E-state index is -0.220. The average molecular weight is 487 g/mol. The molecule has 34 heavy (non-hydrogen) atoms. The molecule has 8 heteroatoms. The minimum Gasteiger partial charge on any atom is -0.382 e. The molecule has 2 saturated carbocycles. The van der Waals surface area contributed by atoms with Gasteiger partial charge in [-0.3, -0.25) is 4.79 Å². The molecule has 0 unspecified atom stereocenters. The zero-order chi connectivity index (χ0) is 23.5. The summed E-state index contributed by atoms with van der Waals surface area (Å²) in [5.41, 5.74) is 3.00. The molecule has 3 aliphatic rings. The zero-order valence-electron chi connectivity index (χ0n) is 19.8. The van der Waals surface area contributed by atoms with Crippen LogP contribution in [-0.4, -0.2) is 48.8 Å². The van der Waals surface area contributed by atoms with Crippen LogP contribution in [0.3, 0.4) is 0 Å². The Kier molecular flexibility index (Phi) is 7.42. The van der Waals surface area contributed by atoms with Crippen molar-refractivity contribution in [3.8, 4) is 0 Å². The van der Waals surface area contributed by atoms with E-state index in [-0.39, 0.29) is 28.6 Å². The number of hydrogen-bond donors (Lipinski definition) is 2. The molecule has 1 saturated heterocycles. The fourth-order valence-corrected chi connectivity index (χ4v) is 5.52. The van der Waals surface area contributed by atoms with Gasteiger partial charge in [-0.2, -0.15) is 5.10 Å². The third-order valence-corrected chi connectivity index (χ3v) is 7.94. The van der Waals surface area contributed by atoms with Gasteiger partial charge in [0.15, 0.2) is 0 Å². The first kappa shape index (κ1) is 23.6. The Balaban J connectivity index is 1.15. The summed E-state index contributed by atoms with van der Waals surface area (Å²) in [5.74, 6) is 0.997. The van der Waals surface area contributed by atoms with Crippen molar-refractivity contribution in [3.05, 3.63) is 51.4 Å². The number of methoxy groups -OCH3 is 1. The van der Waals surface area contributed by atoms with Gasteiger partial charge in [0.25, 0.3) is 5.56 Å². The molecule has 0 radical (unpaired) electrons. The Morgan fingerprint density at radius 3 is 2.59 bits per heavy atom. The lowest BCUT2D eigenvalue weighted by molar-refractivity contribution is -0.0512. The van der Waals surface area contributed by atoms with Gasteiger partial charge in [-0.1, -0.05) is 23.7 Å². The van der Waals surface area contributed by atoms with E-state index in [2.05, 4.69) is 40.0 Å². The van der Waals surface area contributed by atoms with Crippen LogP contribution in [0.15, 0.2) is 35.3 Å². The summed E-state index contributed by atoms with van der Waals surface area (Å²) < 4.78 is 12.7. The lowest BCUT2D eigenvalue weighted by atomic mass is 9.91. The van der Waals surface area contributed by atoms with Gasteiger partial charge < -0.3 is 20.1 Å². The summed E-state index contributed by atoms with van der Waals surface area (Å²) in [6.45, 7) is 1.98. The van der Waals surface area contributed by atoms with Crippen LogP contribution in [0.4, 0.5) is 11.4 Å². The molecule has 0 spiro atoms. The Hall–Kier alpha value is -2.09. The summed E-state index contributed by atoms with van der Waals surface area (Å²) in [4.78, 5) is 13.0. The molecule has 2 aromatic rings. The number of hydrogen-bond acceptors (Lipinski definition) is 6. The molecule has 5 rings (SSSR count). The van der Waals surface area contributed by atoms with Crippen LogP contribution in [0.2, 0.25) is 5.02 Å². The van der Waals surface area contributed by atoms with Crippen LogP contribution < -0.4 is 16.2 Å². The predicted molar refractivity (Wildman–Crippen MR) is 135 cm³/mol. The van der Waals surface area contributed by atoms with Gasteiger partial charge in [-0.25, -0.2) is 4.68 Å². The second kappa shape index (κ2) is 10.7. The van der Waals surface area contributed by atoms with Crippen molar-refractivity contribution in [1.82, 2.24) is 9.78 Å². The van der Waals surface area contributed by atoms with Crippen molar-refractivity contribution < 1.29 is 9.47 Å². The first-order valence-corrected chi connectivity index (χ1v) is 13.0. The maximum absolute atomic E-state index is 13.0. The topological polar surface area (TPSA) is 77.4 Å². The molecule has 2 atom stereocenters. The highest BCUT2D eigenvalue weighted by atomic mass is 35.5. The van der Waals surface area contributed by atoms with Crippen LogP contribution in [0.1, 0.15) is 62.5 Å². The standard InChI is InChI=1S/C26H35ClN4O3/c1-33-24-12-13-34-16-19(24)14-28-23-15-29-31(26(32)25(23)27)22-10-8-21(9-11-22)30-20-6-4-18(5-7-20)17-2-3-17/h4-7,15,17,19,21-22,24,28,30H,2-3,8-14,16H2,1H3/t19-,21?,22?,24+/m1/s1. The van der Waals surface area contributed by atoms with Gasteiger partial charge in [0.1, 0.15) is 5.02 Å². The first-order valence-electron chi connectivity index (χ1n) is 12.6. The highest BCUT2D eigenvalue weighted by molar-refractivity contribution is 6.32. The van der Waals surface area contributed by atoms with E-state index in [0.717, 1.165) is 44.6 Å². The predicted octanol–water partition coefficient (Wildman–Crippen LogP) is 4.83. The lowest BCUT2D eigenvalue weighted by Gasteiger charge is -2.31. The number of halogens is 1. The molecule has 3 fully saturated rings. The van der Waals surface area contributed by atoms with Crippen LogP contribution >= 0.6 is 11.6 Å². The van der Waals surface area contributed by atoms with Crippen LogP contribution in [0.5, 0.6) is 0 Å². The third-order valence-electron chi connectivity index (χ3n) is 7.58. The molecule has 2 aliphatic carbocycles. The Labute approximate surface area is 206 Å². The Morgan fingerprint density at radius 2 is 1.88 bits per heavy atom. The summed E-state index contributed by atoms with van der Waals surface area (Å²) in [6, 6.07) is 9.41. The van der Waals surface area contributed by atoms with E-state index in [0.29, 0.717) is 24.9 Å². The van der Waals surface area contributed by atoms with Crippen LogP contribution in [-0.2, 0) is 9.47 Å². The molecular weight excluding hydrogens is 452 g/mol. The normalized spacial score (nSPS) is 27.4. The molecule has 0 amide bonds. The molecule has 0 bridgehead atoms. The molecule has 184 valence electrons. The number of nitrogens with zero attached hydrogens (tertiary/aromatic N) is 2. The smallest absolute Gasteiger partial charge is 0.287 e. The molecule has 1 aromatic carbocycles. The van der Waals surface area contributed by atoms with Crippen molar-refractivity contribution in [2.45, 2.75) is 69.1 Å². The number of aromatic nitrogens is 2. The van der Waals surface area contributed by atoms with Gasteiger partial charge in [-0.15, -0.1) is 0 Å². The maximum Gasteiger partial charge on any atom is 0.287 e. The summed E-state index contributed by atoms with van der Waals surface area (Å²) in [6.07, 6.45) is 9.17. The van der Waals surface area contributed by atoms with Crippen molar-refractivity contribution in [3.63, 3.8) is 0 Å². The molecule has 1 aromatic heterocycles. The number of benzene rings is 1. The summed E-state index contributed by atoms with van der Waals surface area (Å²) >= 11 is 6.47. The zero-order valence-corrected chi connectivity index (χ0v) is 20.6. The van der Waals surface area contributed by atoms with Gasteiger partial charge in [0.05, 0.1) is 30.6 Å². The monoisotopic (exact) mass is 486 g/mol. The molecule has 2 heterocycles. The molecular formula is C26H35ClN4O3. The molecule has 1 aliphatic heterocycles. The number of ether oxygens (including phenoxy) is 2. The fourth-order valence-electron chi connectivity index (χ4n) is 5.32. The fraction of sp³-hybridized carbons (Fsp3) is 0.615. The van der Waals surface area contributed by atoms with Crippen molar-refractivity contribution in [1.29, 1.82) is 0 Å². The van der Waals surface area contributed by atoms with Crippen molar-refractivity contribution >= 4 is 23.0 Å². The number of anilines is 2. The Bertz CT molecular complexity index is 1020. The van der Waals surface area contributed by atoms with E-state index >= 15 is 0 Å². The van der Waals surface area contributed by atoms with E-state index in [9.17, 15) is 4.79 Å². The minimum absolute atomic E-state index is 0.0824. The maximum atomic E-state index is 13.0. The lowest BCUT2D eigenvalue weighted by Crippen LogP contribution is -2.38. The highest BCUT2D eigenvalue weighted by Crippen LogP contribution is 2.40.